The van der Waals surface area contributed by atoms with Gasteiger partial charge in [-0.1, -0.05) is 44.5 Å². The fourth-order valence-corrected chi connectivity index (χ4v) is 4.18. The van der Waals surface area contributed by atoms with Crippen LogP contribution in [0.4, 0.5) is 0 Å². The van der Waals surface area contributed by atoms with Gasteiger partial charge in [0.15, 0.2) is 13.9 Å². The maximum absolute atomic E-state index is 13.6. The molecule has 0 aliphatic heterocycles. The van der Waals surface area contributed by atoms with Gasteiger partial charge in [0.2, 0.25) is 0 Å². The van der Waals surface area contributed by atoms with Crippen LogP contribution in [0.1, 0.15) is 53.5 Å². The van der Waals surface area contributed by atoms with Crippen LogP contribution in [0, 0.1) is 0 Å². The quantitative estimate of drug-likeness (QED) is 0.250. The molecule has 164 valence electrons. The number of halogens is 1. The normalized spacial score (nSPS) is 14.9. The van der Waals surface area contributed by atoms with Gasteiger partial charge in [0, 0.05) is 24.5 Å². The van der Waals surface area contributed by atoms with Crippen molar-refractivity contribution in [3.63, 3.8) is 0 Å². The zero-order valence-electron chi connectivity index (χ0n) is 19.0. The van der Waals surface area contributed by atoms with Gasteiger partial charge in [-0.3, -0.25) is 0 Å². The Labute approximate surface area is 181 Å². The van der Waals surface area contributed by atoms with Gasteiger partial charge in [0.1, 0.15) is 11.9 Å². The first kappa shape index (κ1) is 25.8. The van der Waals surface area contributed by atoms with Crippen molar-refractivity contribution in [2.45, 2.75) is 77.3 Å². The molecule has 0 amide bonds. The third-order valence-corrected chi connectivity index (χ3v) is 9.77. The molecule has 0 spiro atoms. The van der Waals surface area contributed by atoms with E-state index < -0.39 is 25.5 Å². The molecule has 7 heteroatoms. The van der Waals surface area contributed by atoms with Crippen molar-refractivity contribution in [1.82, 2.24) is 5.32 Å². The number of rotatable bonds is 9. The predicted molar refractivity (Wildman–Crippen MR) is 121 cm³/mol. The second-order valence-electron chi connectivity index (χ2n) is 9.83. The van der Waals surface area contributed by atoms with Gasteiger partial charge in [0.05, 0.1) is 0 Å². The number of carbonyl (C=O) groups excluding carboxylic acids is 2. The molecule has 0 heterocycles. The molecule has 0 bridgehead atoms. The third-order valence-electron chi connectivity index (χ3n) is 5.07. The Kier molecular flexibility index (Phi) is 8.66. The summed E-state index contributed by atoms with van der Waals surface area (Å²) in [6.07, 6.45) is 1.19. The summed E-state index contributed by atoms with van der Waals surface area (Å²) in [4.78, 5) is 24.3. The van der Waals surface area contributed by atoms with E-state index in [0.29, 0.717) is 23.6 Å². The van der Waals surface area contributed by atoms with Gasteiger partial charge in [-0.15, -0.1) is 0 Å². The van der Waals surface area contributed by atoms with E-state index in [4.69, 9.17) is 20.8 Å². The molecule has 0 saturated carbocycles. The molecule has 5 nitrogen and oxygen atoms in total. The van der Waals surface area contributed by atoms with E-state index in [9.17, 15) is 9.59 Å². The third kappa shape index (κ3) is 7.21. The van der Waals surface area contributed by atoms with Crippen LogP contribution in [0.3, 0.4) is 0 Å². The molecule has 0 aliphatic rings. The molecule has 0 radical (unpaired) electrons. The second kappa shape index (κ2) is 9.73. The van der Waals surface area contributed by atoms with E-state index in [2.05, 4.69) is 39.2 Å². The zero-order valence-corrected chi connectivity index (χ0v) is 20.8. The van der Waals surface area contributed by atoms with Crippen molar-refractivity contribution in [1.29, 1.82) is 0 Å². The van der Waals surface area contributed by atoms with Crippen molar-refractivity contribution in [2.24, 2.45) is 0 Å². The van der Waals surface area contributed by atoms with E-state index >= 15 is 0 Å². The van der Waals surface area contributed by atoms with Gasteiger partial charge in [-0.2, -0.15) is 0 Å². The molecular weight excluding hydrogens is 406 g/mol. The molecule has 29 heavy (non-hydrogen) atoms. The first-order valence-corrected chi connectivity index (χ1v) is 13.3. The minimum atomic E-state index is -2.40. The van der Waals surface area contributed by atoms with E-state index in [0.717, 1.165) is 6.29 Å². The zero-order chi connectivity index (χ0) is 22.5. The van der Waals surface area contributed by atoms with Gasteiger partial charge >= 0.3 is 5.97 Å². The van der Waals surface area contributed by atoms with Gasteiger partial charge < -0.3 is 19.3 Å². The molecule has 1 aromatic carbocycles. The number of carbonyl (C=O) groups is 2. The van der Waals surface area contributed by atoms with Crippen molar-refractivity contribution in [3.8, 4) is 0 Å². The number of esters is 1. The fourth-order valence-electron chi connectivity index (χ4n) is 2.54. The summed E-state index contributed by atoms with van der Waals surface area (Å²) in [5.74, 6) is -0.462. The van der Waals surface area contributed by atoms with Crippen molar-refractivity contribution < 1.29 is 18.8 Å². The van der Waals surface area contributed by atoms with Crippen LogP contribution in [0.25, 0.3) is 0 Å². The molecule has 0 aromatic heterocycles. The predicted octanol–water partition coefficient (Wildman–Crippen LogP) is 5.08. The summed E-state index contributed by atoms with van der Waals surface area (Å²) in [5.41, 5.74) is -1.41. The Morgan fingerprint density at radius 3 is 2.28 bits per heavy atom. The molecule has 0 saturated heterocycles. The molecular formula is C22H36ClNO4Si. The van der Waals surface area contributed by atoms with Crippen LogP contribution >= 0.6 is 11.6 Å². The Morgan fingerprint density at radius 2 is 1.79 bits per heavy atom. The second-order valence-corrected chi connectivity index (χ2v) is 15.0. The smallest absolute Gasteiger partial charge is 0.343 e. The Morgan fingerprint density at radius 1 is 1.17 bits per heavy atom. The van der Waals surface area contributed by atoms with E-state index in [1.165, 1.54) is 0 Å². The molecule has 1 atom stereocenters. The Balaban J connectivity index is 3.57. The number of nitrogens with one attached hydrogen (secondary N) is 1. The van der Waals surface area contributed by atoms with Crippen LogP contribution in [0.15, 0.2) is 24.3 Å². The van der Waals surface area contributed by atoms with Gasteiger partial charge in [0.25, 0.3) is 0 Å². The highest BCUT2D eigenvalue weighted by Crippen LogP contribution is 2.43. The maximum Gasteiger partial charge on any atom is 0.343 e. The summed E-state index contributed by atoms with van der Waals surface area (Å²) in [6.45, 7) is 16.7. The highest BCUT2D eigenvalue weighted by molar-refractivity contribution is 6.74. The largest absolute Gasteiger partial charge is 0.458 e. The average molecular weight is 442 g/mol. The fraction of sp³-hybridized carbons (Fsp3) is 0.636. The summed E-state index contributed by atoms with van der Waals surface area (Å²) in [6, 6.07) is 7.15. The Bertz CT molecular complexity index is 709. The number of benzene rings is 1. The minimum absolute atomic E-state index is 0.123. The minimum Gasteiger partial charge on any atom is -0.458 e. The summed E-state index contributed by atoms with van der Waals surface area (Å²) < 4.78 is 12.6. The topological polar surface area (TPSA) is 64.6 Å². The lowest BCUT2D eigenvalue weighted by Crippen LogP contribution is -2.57. The first-order valence-electron chi connectivity index (χ1n) is 9.99. The summed E-state index contributed by atoms with van der Waals surface area (Å²) in [5, 5.41) is 3.60. The van der Waals surface area contributed by atoms with E-state index in [-0.39, 0.29) is 11.6 Å². The van der Waals surface area contributed by atoms with Crippen LogP contribution in [0.2, 0.25) is 23.2 Å². The van der Waals surface area contributed by atoms with E-state index in [1.54, 1.807) is 18.2 Å². The van der Waals surface area contributed by atoms with Crippen molar-refractivity contribution in [3.05, 3.63) is 34.9 Å². The molecule has 0 aliphatic carbocycles. The molecule has 1 rings (SSSR count). The van der Waals surface area contributed by atoms with Crippen molar-refractivity contribution in [2.75, 3.05) is 13.1 Å². The summed E-state index contributed by atoms with van der Waals surface area (Å²) >= 11 is 6.27. The average Bonchev–Trinajstić information content (AvgIpc) is 2.55. The van der Waals surface area contributed by atoms with Crippen molar-refractivity contribution >= 4 is 32.2 Å². The van der Waals surface area contributed by atoms with Crippen LogP contribution in [0.5, 0.6) is 0 Å². The standard InChI is InChI=1S/C22H36ClNO4Si/c1-20(2,3)27-19(26)22(16-24-13-10-14-25,17-11-9-12-18(23)15-17)28-29(7,8)21(4,5)6/h9,11-12,14-15,24H,10,13,16H2,1-8H3/t22-/m0/s1. The lowest BCUT2D eigenvalue weighted by Gasteiger charge is -2.45. The van der Waals surface area contributed by atoms with Gasteiger partial charge in [-0.25, -0.2) is 4.79 Å². The van der Waals surface area contributed by atoms with E-state index in [1.807, 2.05) is 26.8 Å². The molecule has 1 N–H and O–H groups in total. The van der Waals surface area contributed by atoms with Crippen LogP contribution < -0.4 is 5.32 Å². The maximum atomic E-state index is 13.6. The van der Waals surface area contributed by atoms with Crippen LogP contribution in [-0.4, -0.2) is 39.3 Å². The Hall–Kier alpha value is -1.21. The lowest BCUT2D eigenvalue weighted by molar-refractivity contribution is -0.176. The monoisotopic (exact) mass is 441 g/mol. The number of hydrogen-bond donors (Lipinski definition) is 1. The number of hydrogen-bond acceptors (Lipinski definition) is 5. The highest BCUT2D eigenvalue weighted by Gasteiger charge is 2.51. The first-order chi connectivity index (χ1) is 13.1. The summed E-state index contributed by atoms with van der Waals surface area (Å²) in [7, 11) is -2.40. The molecule has 0 unspecified atom stereocenters. The molecule has 0 fully saturated rings. The number of ether oxygens (including phenoxy) is 1. The SMILES string of the molecule is CC(C)(C)OC(=O)[C@@](CNCCC=O)(O[Si](C)(C)C(C)(C)C)c1cccc(Cl)c1. The van der Waals surface area contributed by atoms with Crippen LogP contribution in [-0.2, 0) is 24.4 Å². The molecule has 1 aromatic rings. The number of aldehydes is 1. The highest BCUT2D eigenvalue weighted by atomic mass is 35.5. The lowest BCUT2D eigenvalue weighted by atomic mass is 9.93. The van der Waals surface area contributed by atoms with Gasteiger partial charge in [-0.05, 0) is 56.6 Å².